The summed E-state index contributed by atoms with van der Waals surface area (Å²) in [6.45, 7) is 0.171. The maximum atomic E-state index is 13.3. The number of aliphatic carboxylic acids is 1. The van der Waals surface area contributed by atoms with E-state index in [1.165, 1.54) is 7.11 Å². The van der Waals surface area contributed by atoms with Gasteiger partial charge in [-0.15, -0.1) is 0 Å². The van der Waals surface area contributed by atoms with Gasteiger partial charge in [0.1, 0.15) is 19.0 Å². The topological polar surface area (TPSA) is 129 Å². The van der Waals surface area contributed by atoms with Crippen LogP contribution in [-0.2, 0) is 52.7 Å². The molecule has 3 aromatic rings. The summed E-state index contributed by atoms with van der Waals surface area (Å²) in [4.78, 5) is 41.0. The zero-order valence-electron chi connectivity index (χ0n) is 22.1. The number of carbonyl (C=O) groups is 3. The van der Waals surface area contributed by atoms with E-state index in [0.717, 1.165) is 16.7 Å². The van der Waals surface area contributed by atoms with Crippen LogP contribution in [0, 0.1) is 0 Å². The lowest BCUT2D eigenvalue weighted by Gasteiger charge is -2.25. The SMILES string of the molecule is COP(=O)(CCC(C(=O)O)N(C=O)OCc1ccccc1)Oc1cccc(CCC(=O)OCc2ccccc2)c1. The van der Waals surface area contributed by atoms with Crippen LogP contribution in [0.1, 0.15) is 29.5 Å². The number of hydrogen-bond acceptors (Lipinski definition) is 8. The summed E-state index contributed by atoms with van der Waals surface area (Å²) in [6.07, 6.45) is 0.240. The molecule has 0 aromatic heterocycles. The Morgan fingerprint density at radius 2 is 1.55 bits per heavy atom. The second kappa shape index (κ2) is 15.6. The summed E-state index contributed by atoms with van der Waals surface area (Å²) in [5, 5.41) is 10.4. The van der Waals surface area contributed by atoms with E-state index in [4.69, 9.17) is 18.6 Å². The quantitative estimate of drug-likeness (QED) is 0.103. The van der Waals surface area contributed by atoms with Crippen molar-refractivity contribution in [2.45, 2.75) is 38.5 Å². The smallest absolute Gasteiger partial charge is 0.379 e. The third kappa shape index (κ3) is 9.96. The van der Waals surface area contributed by atoms with Gasteiger partial charge in [0, 0.05) is 13.5 Å². The minimum Gasteiger partial charge on any atom is -0.480 e. The fourth-order valence-electron chi connectivity index (χ4n) is 3.71. The number of carboxylic acid groups (broad SMARTS) is 1. The Bertz CT molecular complexity index is 1290. The van der Waals surface area contributed by atoms with Gasteiger partial charge in [-0.3, -0.25) is 14.4 Å². The maximum Gasteiger partial charge on any atom is 0.379 e. The van der Waals surface area contributed by atoms with Crippen molar-refractivity contribution in [1.82, 2.24) is 5.06 Å². The van der Waals surface area contributed by atoms with Gasteiger partial charge in [-0.05, 0) is 41.7 Å². The van der Waals surface area contributed by atoms with Crippen LogP contribution in [-0.4, -0.2) is 47.8 Å². The van der Waals surface area contributed by atoms with Gasteiger partial charge < -0.3 is 18.9 Å². The van der Waals surface area contributed by atoms with Crippen molar-refractivity contribution in [2.75, 3.05) is 13.3 Å². The van der Waals surface area contributed by atoms with E-state index in [0.29, 0.717) is 11.5 Å². The monoisotopic (exact) mass is 569 g/mol. The fourth-order valence-corrected chi connectivity index (χ4v) is 5.05. The molecule has 0 radical (unpaired) electrons. The average Bonchev–Trinajstić information content (AvgIpc) is 2.97. The Hall–Kier alpha value is -3.98. The number of carbonyl (C=O) groups excluding carboxylic acids is 2. The Morgan fingerprint density at radius 1 is 0.925 bits per heavy atom. The molecule has 0 heterocycles. The summed E-state index contributed by atoms with van der Waals surface area (Å²) in [7, 11) is -2.60. The first-order valence-electron chi connectivity index (χ1n) is 12.6. The first kappa shape index (κ1) is 30.6. The van der Waals surface area contributed by atoms with Gasteiger partial charge in [0.05, 0.1) is 6.16 Å². The molecule has 0 spiro atoms. The second-order valence-electron chi connectivity index (χ2n) is 8.77. The molecule has 2 unspecified atom stereocenters. The summed E-state index contributed by atoms with van der Waals surface area (Å²) in [6, 6.07) is 23.6. The van der Waals surface area contributed by atoms with Gasteiger partial charge in [0.25, 0.3) is 0 Å². The van der Waals surface area contributed by atoms with Crippen LogP contribution >= 0.6 is 7.60 Å². The van der Waals surface area contributed by atoms with Crippen molar-refractivity contribution in [3.63, 3.8) is 0 Å². The van der Waals surface area contributed by atoms with Crippen molar-refractivity contribution in [1.29, 1.82) is 0 Å². The van der Waals surface area contributed by atoms with Gasteiger partial charge in [-0.1, -0.05) is 72.8 Å². The van der Waals surface area contributed by atoms with Crippen LogP contribution in [0.3, 0.4) is 0 Å². The highest BCUT2D eigenvalue weighted by Gasteiger charge is 2.32. The van der Waals surface area contributed by atoms with Gasteiger partial charge in [0.2, 0.25) is 6.41 Å². The Morgan fingerprint density at radius 3 is 2.15 bits per heavy atom. The third-order valence-corrected chi connectivity index (χ3v) is 7.73. The number of nitrogens with zero attached hydrogens (tertiary/aromatic N) is 1. The average molecular weight is 570 g/mol. The minimum absolute atomic E-state index is 0.0195. The molecule has 10 nitrogen and oxygen atoms in total. The van der Waals surface area contributed by atoms with Crippen molar-refractivity contribution < 1.29 is 42.7 Å². The molecule has 11 heteroatoms. The Kier molecular flexibility index (Phi) is 11.9. The molecule has 3 rings (SSSR count). The van der Waals surface area contributed by atoms with E-state index < -0.39 is 19.6 Å². The number of ether oxygens (including phenoxy) is 1. The van der Waals surface area contributed by atoms with Crippen LogP contribution in [0.15, 0.2) is 84.9 Å². The number of aryl methyl sites for hydroxylation is 1. The molecule has 1 N–H and O–H groups in total. The molecule has 0 aliphatic rings. The molecule has 0 saturated heterocycles. The molecule has 0 saturated carbocycles. The van der Waals surface area contributed by atoms with E-state index in [1.807, 2.05) is 36.4 Å². The lowest BCUT2D eigenvalue weighted by Crippen LogP contribution is -2.41. The highest BCUT2D eigenvalue weighted by molar-refractivity contribution is 7.54. The summed E-state index contributed by atoms with van der Waals surface area (Å²) in [5.41, 5.74) is 2.39. The van der Waals surface area contributed by atoms with Crippen molar-refractivity contribution >= 4 is 25.9 Å². The molecule has 0 bridgehead atoms. The van der Waals surface area contributed by atoms with Gasteiger partial charge in [-0.2, -0.15) is 0 Å². The van der Waals surface area contributed by atoms with Crippen LogP contribution in [0.25, 0.3) is 0 Å². The van der Waals surface area contributed by atoms with Crippen molar-refractivity contribution in [2.24, 2.45) is 0 Å². The maximum absolute atomic E-state index is 13.3. The number of hydrogen-bond donors (Lipinski definition) is 1. The highest BCUT2D eigenvalue weighted by atomic mass is 31.2. The molecule has 2 atom stereocenters. The molecular formula is C29H32NO9P. The van der Waals surface area contributed by atoms with Crippen molar-refractivity contribution in [3.8, 4) is 5.75 Å². The van der Waals surface area contributed by atoms with Crippen LogP contribution in [0.4, 0.5) is 0 Å². The summed E-state index contributed by atoms with van der Waals surface area (Å²) in [5.74, 6) is -1.45. The van der Waals surface area contributed by atoms with Crippen LogP contribution < -0.4 is 4.52 Å². The summed E-state index contributed by atoms with van der Waals surface area (Å²) < 4.78 is 29.4. The lowest BCUT2D eigenvalue weighted by atomic mass is 10.1. The highest BCUT2D eigenvalue weighted by Crippen LogP contribution is 2.48. The molecule has 0 aliphatic heterocycles. The molecule has 1 amide bonds. The van der Waals surface area contributed by atoms with E-state index in [-0.39, 0.29) is 50.3 Å². The molecule has 0 fully saturated rings. The molecular weight excluding hydrogens is 537 g/mol. The number of rotatable bonds is 17. The Balaban J connectivity index is 1.55. The standard InChI is InChI=1S/C29H32NO9P/c1-36-40(35,18-17-27(29(33)34)30(22-31)38-21-25-11-6-3-7-12-25)39-26-14-8-13-23(19-26)15-16-28(32)37-20-24-9-4-2-5-10-24/h2-14,19,22,27H,15-18,20-21H2,1H3,(H,33,34). The predicted molar refractivity (Wildman–Crippen MR) is 146 cm³/mol. The normalized spacial score (nSPS) is 13.0. The fraction of sp³-hybridized carbons (Fsp3) is 0.276. The number of amides is 1. The number of hydroxylamine groups is 2. The van der Waals surface area contributed by atoms with Gasteiger partial charge >= 0.3 is 19.5 Å². The summed E-state index contributed by atoms with van der Waals surface area (Å²) >= 11 is 0. The van der Waals surface area contributed by atoms with Crippen molar-refractivity contribution in [3.05, 3.63) is 102 Å². The van der Waals surface area contributed by atoms with Gasteiger partial charge in [-0.25, -0.2) is 14.4 Å². The lowest BCUT2D eigenvalue weighted by molar-refractivity contribution is -0.200. The van der Waals surface area contributed by atoms with E-state index in [9.17, 15) is 24.1 Å². The molecule has 212 valence electrons. The number of benzene rings is 3. The van der Waals surface area contributed by atoms with Crippen LogP contribution in [0.5, 0.6) is 5.75 Å². The molecule has 3 aromatic carbocycles. The minimum atomic E-state index is -3.80. The second-order valence-corrected chi connectivity index (χ2v) is 11.0. The first-order valence-corrected chi connectivity index (χ1v) is 14.3. The molecule has 0 aliphatic carbocycles. The van der Waals surface area contributed by atoms with E-state index in [2.05, 4.69) is 0 Å². The number of esters is 1. The number of carboxylic acids is 1. The third-order valence-electron chi connectivity index (χ3n) is 5.88. The van der Waals surface area contributed by atoms with Crippen LogP contribution in [0.2, 0.25) is 0 Å². The van der Waals surface area contributed by atoms with E-state index in [1.54, 1.807) is 48.5 Å². The largest absolute Gasteiger partial charge is 0.480 e. The first-order chi connectivity index (χ1) is 19.3. The predicted octanol–water partition coefficient (Wildman–Crippen LogP) is 5.01. The molecule has 40 heavy (non-hydrogen) atoms. The zero-order valence-corrected chi connectivity index (χ0v) is 23.0. The Labute approximate surface area is 232 Å². The van der Waals surface area contributed by atoms with Gasteiger partial charge in [0.15, 0.2) is 6.04 Å². The van der Waals surface area contributed by atoms with E-state index >= 15 is 0 Å². The zero-order chi connectivity index (χ0) is 28.8.